The summed E-state index contributed by atoms with van der Waals surface area (Å²) in [7, 11) is 1.86. The van der Waals surface area contributed by atoms with Gasteiger partial charge in [-0.2, -0.15) is 0 Å². The van der Waals surface area contributed by atoms with E-state index in [-0.39, 0.29) is 5.78 Å². The summed E-state index contributed by atoms with van der Waals surface area (Å²) in [6.07, 6.45) is 0. The molecular weight excluding hydrogens is 198 g/mol. The molecule has 2 heteroatoms. The van der Waals surface area contributed by atoms with Crippen molar-refractivity contribution in [2.45, 2.75) is 0 Å². The molecule has 16 heavy (non-hydrogen) atoms. The van der Waals surface area contributed by atoms with Crippen LogP contribution in [0.4, 0.5) is 5.69 Å². The Morgan fingerprint density at radius 3 is 2.00 bits per heavy atom. The molecule has 0 amide bonds. The minimum atomic E-state index is 0.0586. The Morgan fingerprint density at radius 2 is 1.44 bits per heavy atom. The predicted octanol–water partition coefficient (Wildman–Crippen LogP) is 2.96. The summed E-state index contributed by atoms with van der Waals surface area (Å²) in [6, 6.07) is 16.8. The lowest BCUT2D eigenvalue weighted by Gasteiger charge is -2.03. The van der Waals surface area contributed by atoms with E-state index in [1.54, 1.807) is 0 Å². The fraction of sp³-hybridized carbons (Fsp3) is 0.0714. The highest BCUT2D eigenvalue weighted by Gasteiger charge is 2.07. The molecule has 0 aliphatic heterocycles. The molecule has 0 saturated heterocycles. The molecule has 0 heterocycles. The summed E-state index contributed by atoms with van der Waals surface area (Å²) in [5, 5.41) is 3.02. The quantitative estimate of drug-likeness (QED) is 0.791. The molecule has 0 fully saturated rings. The van der Waals surface area contributed by atoms with Crippen LogP contribution in [0.3, 0.4) is 0 Å². The molecule has 0 spiro atoms. The van der Waals surface area contributed by atoms with Gasteiger partial charge in [-0.15, -0.1) is 0 Å². The van der Waals surface area contributed by atoms with Crippen molar-refractivity contribution in [1.82, 2.24) is 0 Å². The fourth-order valence-electron chi connectivity index (χ4n) is 1.54. The van der Waals surface area contributed by atoms with Gasteiger partial charge in [-0.05, 0) is 24.3 Å². The lowest BCUT2D eigenvalue weighted by Crippen LogP contribution is -2.00. The number of benzene rings is 2. The van der Waals surface area contributed by atoms with Gasteiger partial charge in [0.15, 0.2) is 5.78 Å². The van der Waals surface area contributed by atoms with Gasteiger partial charge in [0.05, 0.1) is 0 Å². The van der Waals surface area contributed by atoms with E-state index < -0.39 is 0 Å². The smallest absolute Gasteiger partial charge is 0.193 e. The first-order chi connectivity index (χ1) is 7.81. The summed E-state index contributed by atoms with van der Waals surface area (Å²) in [4.78, 5) is 12.0. The molecule has 2 aromatic carbocycles. The van der Waals surface area contributed by atoms with Crippen LogP contribution in [0.1, 0.15) is 15.9 Å². The van der Waals surface area contributed by atoms with Gasteiger partial charge in [0.1, 0.15) is 0 Å². The Morgan fingerprint density at radius 1 is 0.875 bits per heavy atom. The Kier molecular flexibility index (Phi) is 3.01. The monoisotopic (exact) mass is 211 g/mol. The summed E-state index contributed by atoms with van der Waals surface area (Å²) in [5.74, 6) is 0.0586. The molecule has 80 valence electrons. The third kappa shape index (κ3) is 2.11. The molecule has 2 nitrogen and oxygen atoms in total. The van der Waals surface area contributed by atoms with Crippen molar-refractivity contribution in [3.05, 3.63) is 65.7 Å². The number of hydrogen-bond acceptors (Lipinski definition) is 2. The molecular formula is C14H13NO. The molecule has 1 N–H and O–H groups in total. The van der Waals surface area contributed by atoms with Crippen molar-refractivity contribution in [3.8, 4) is 0 Å². The number of rotatable bonds is 3. The third-order valence-electron chi connectivity index (χ3n) is 2.47. The van der Waals surface area contributed by atoms with E-state index in [9.17, 15) is 4.79 Å². The van der Waals surface area contributed by atoms with Crippen molar-refractivity contribution in [2.24, 2.45) is 0 Å². The van der Waals surface area contributed by atoms with E-state index in [1.165, 1.54) is 0 Å². The van der Waals surface area contributed by atoms with Crippen LogP contribution in [0.2, 0.25) is 0 Å². The van der Waals surface area contributed by atoms with E-state index in [0.717, 1.165) is 11.3 Å². The zero-order valence-corrected chi connectivity index (χ0v) is 9.10. The van der Waals surface area contributed by atoms with Crippen molar-refractivity contribution in [1.29, 1.82) is 0 Å². The summed E-state index contributed by atoms with van der Waals surface area (Å²) in [5.41, 5.74) is 2.44. The van der Waals surface area contributed by atoms with E-state index in [1.807, 2.05) is 61.6 Å². The normalized spacial score (nSPS) is 9.81. The topological polar surface area (TPSA) is 29.1 Å². The summed E-state index contributed by atoms with van der Waals surface area (Å²) >= 11 is 0. The molecule has 0 aliphatic carbocycles. The highest BCUT2D eigenvalue weighted by Crippen LogP contribution is 2.13. The number of carbonyl (C=O) groups is 1. The maximum Gasteiger partial charge on any atom is 0.193 e. The molecule has 0 bridgehead atoms. The van der Waals surface area contributed by atoms with Crippen LogP contribution >= 0.6 is 0 Å². The van der Waals surface area contributed by atoms with Crippen LogP contribution in [-0.2, 0) is 0 Å². The van der Waals surface area contributed by atoms with Crippen molar-refractivity contribution >= 4 is 11.5 Å². The molecule has 0 saturated carbocycles. The second-order valence-electron chi connectivity index (χ2n) is 3.52. The lowest BCUT2D eigenvalue weighted by atomic mass is 10.0. The van der Waals surface area contributed by atoms with Crippen molar-refractivity contribution < 1.29 is 4.79 Å². The molecule has 0 unspecified atom stereocenters. The van der Waals surface area contributed by atoms with Crippen LogP contribution in [0, 0.1) is 0 Å². The lowest BCUT2D eigenvalue weighted by molar-refractivity contribution is 0.103. The van der Waals surface area contributed by atoms with Gasteiger partial charge >= 0.3 is 0 Å². The Hall–Kier alpha value is -2.09. The van der Waals surface area contributed by atoms with E-state index >= 15 is 0 Å². The zero-order chi connectivity index (χ0) is 11.4. The highest BCUT2D eigenvalue weighted by molar-refractivity contribution is 6.09. The summed E-state index contributed by atoms with van der Waals surface area (Å²) in [6.45, 7) is 0. The second-order valence-corrected chi connectivity index (χ2v) is 3.52. The van der Waals surface area contributed by atoms with Crippen LogP contribution in [0.5, 0.6) is 0 Å². The SMILES string of the molecule is CNc1ccc(C(=O)c2ccccc2)cc1. The molecule has 2 rings (SSSR count). The van der Waals surface area contributed by atoms with Crippen LogP contribution < -0.4 is 5.32 Å². The minimum Gasteiger partial charge on any atom is -0.388 e. The molecule has 2 aromatic rings. The number of hydrogen-bond donors (Lipinski definition) is 1. The van der Waals surface area contributed by atoms with Crippen molar-refractivity contribution in [3.63, 3.8) is 0 Å². The Labute approximate surface area is 94.9 Å². The maximum atomic E-state index is 12.0. The zero-order valence-electron chi connectivity index (χ0n) is 9.10. The minimum absolute atomic E-state index is 0.0586. The van der Waals surface area contributed by atoms with Gasteiger partial charge < -0.3 is 5.32 Å². The number of ketones is 1. The molecule has 0 atom stereocenters. The molecule has 0 aromatic heterocycles. The average Bonchev–Trinajstić information content (AvgIpc) is 2.39. The standard InChI is InChI=1S/C14H13NO/c1-15-13-9-7-12(8-10-13)14(16)11-5-3-2-4-6-11/h2-10,15H,1H3. The van der Waals surface area contributed by atoms with E-state index in [0.29, 0.717) is 5.56 Å². The predicted molar refractivity (Wildman–Crippen MR) is 65.9 cm³/mol. The maximum absolute atomic E-state index is 12.0. The van der Waals surface area contributed by atoms with Gasteiger partial charge in [-0.25, -0.2) is 0 Å². The van der Waals surface area contributed by atoms with Crippen LogP contribution in [0.25, 0.3) is 0 Å². The van der Waals surface area contributed by atoms with Gasteiger partial charge in [-0.1, -0.05) is 30.3 Å². The third-order valence-corrected chi connectivity index (χ3v) is 2.47. The number of carbonyl (C=O) groups excluding carboxylic acids is 1. The average molecular weight is 211 g/mol. The fourth-order valence-corrected chi connectivity index (χ4v) is 1.54. The number of anilines is 1. The first-order valence-electron chi connectivity index (χ1n) is 5.19. The molecule has 0 aliphatic rings. The number of nitrogens with one attached hydrogen (secondary N) is 1. The molecule has 0 radical (unpaired) electrons. The second kappa shape index (κ2) is 4.62. The van der Waals surface area contributed by atoms with Crippen LogP contribution in [-0.4, -0.2) is 12.8 Å². The van der Waals surface area contributed by atoms with Gasteiger partial charge in [0.2, 0.25) is 0 Å². The van der Waals surface area contributed by atoms with Gasteiger partial charge in [0.25, 0.3) is 0 Å². The summed E-state index contributed by atoms with van der Waals surface area (Å²) < 4.78 is 0. The van der Waals surface area contributed by atoms with Crippen molar-refractivity contribution in [2.75, 3.05) is 12.4 Å². The largest absolute Gasteiger partial charge is 0.388 e. The first kappa shape index (κ1) is 10.4. The van der Waals surface area contributed by atoms with E-state index in [4.69, 9.17) is 0 Å². The van der Waals surface area contributed by atoms with Gasteiger partial charge in [0, 0.05) is 23.9 Å². The Bertz CT molecular complexity index is 474. The first-order valence-corrected chi connectivity index (χ1v) is 5.19. The highest BCUT2D eigenvalue weighted by atomic mass is 16.1. The Balaban J connectivity index is 2.28. The van der Waals surface area contributed by atoms with E-state index in [2.05, 4.69) is 5.32 Å². The van der Waals surface area contributed by atoms with Crippen LogP contribution in [0.15, 0.2) is 54.6 Å². The van der Waals surface area contributed by atoms with Gasteiger partial charge in [-0.3, -0.25) is 4.79 Å².